The molecule has 7 nitrogen and oxygen atoms in total. The van der Waals surface area contributed by atoms with E-state index in [1.807, 2.05) is 37.3 Å². The largest absolute Gasteiger partial charge is 0.463 e. The molecule has 0 saturated carbocycles. The summed E-state index contributed by atoms with van der Waals surface area (Å²) in [6.45, 7) is 12.4. The van der Waals surface area contributed by atoms with E-state index < -0.39 is 12.0 Å². The first-order chi connectivity index (χ1) is 16.1. The number of esters is 1. The third-order valence-corrected chi connectivity index (χ3v) is 5.90. The maximum atomic E-state index is 12.8. The van der Waals surface area contributed by atoms with E-state index in [-0.39, 0.29) is 24.0 Å². The van der Waals surface area contributed by atoms with Gasteiger partial charge < -0.3 is 15.4 Å². The van der Waals surface area contributed by atoms with E-state index in [0.29, 0.717) is 34.6 Å². The van der Waals surface area contributed by atoms with Crippen molar-refractivity contribution < 1.29 is 19.1 Å². The van der Waals surface area contributed by atoms with Gasteiger partial charge in [-0.3, -0.25) is 9.69 Å². The number of allylic oxidation sites excluding steroid dienone is 1. The minimum atomic E-state index is -0.683. The van der Waals surface area contributed by atoms with E-state index in [9.17, 15) is 14.4 Å². The minimum Gasteiger partial charge on any atom is -0.463 e. The number of hydrogen-bond donors (Lipinski definition) is 2. The van der Waals surface area contributed by atoms with Crippen LogP contribution in [0.3, 0.4) is 0 Å². The maximum absolute atomic E-state index is 12.8. The molecule has 1 aliphatic heterocycles. The molecule has 0 aromatic heterocycles. The van der Waals surface area contributed by atoms with Gasteiger partial charge in [-0.2, -0.15) is 0 Å². The fourth-order valence-electron chi connectivity index (χ4n) is 4.01. The highest BCUT2D eigenvalue weighted by molar-refractivity contribution is 6.04. The first-order valence-corrected chi connectivity index (χ1v) is 11.5. The van der Waals surface area contributed by atoms with Crippen molar-refractivity contribution in [2.75, 3.05) is 18.5 Å². The van der Waals surface area contributed by atoms with Crippen LogP contribution in [0, 0.1) is 0 Å². The number of carbonyl (C=O) groups is 3. The molecule has 1 unspecified atom stereocenters. The second-order valence-electron chi connectivity index (χ2n) is 9.25. The first kappa shape index (κ1) is 25.0. The molecule has 0 aliphatic carbocycles. The normalized spacial score (nSPS) is 16.2. The van der Waals surface area contributed by atoms with E-state index in [1.165, 1.54) is 4.90 Å². The Labute approximate surface area is 201 Å². The fraction of sp³-hybridized carbons (Fsp3) is 0.370. The topological polar surface area (TPSA) is 87.7 Å². The number of urea groups is 1. The van der Waals surface area contributed by atoms with Gasteiger partial charge >= 0.3 is 12.0 Å². The fourth-order valence-corrected chi connectivity index (χ4v) is 4.01. The molecule has 0 fully saturated rings. The number of rotatable bonds is 6. The van der Waals surface area contributed by atoms with Gasteiger partial charge in [-0.25, -0.2) is 9.59 Å². The van der Waals surface area contributed by atoms with Gasteiger partial charge in [-0.1, -0.05) is 45.0 Å². The summed E-state index contributed by atoms with van der Waals surface area (Å²) in [5, 5.41) is 5.81. The molecule has 1 atom stereocenters. The smallest absolute Gasteiger partial charge is 0.338 e. The first-order valence-electron chi connectivity index (χ1n) is 11.5. The zero-order valence-electron chi connectivity index (χ0n) is 20.7. The molecular weight excluding hydrogens is 430 g/mol. The van der Waals surface area contributed by atoms with E-state index in [4.69, 9.17) is 4.74 Å². The van der Waals surface area contributed by atoms with E-state index in [2.05, 4.69) is 31.4 Å². The molecular formula is C27H33N3O4. The van der Waals surface area contributed by atoms with Crippen molar-refractivity contribution >= 4 is 23.6 Å². The van der Waals surface area contributed by atoms with E-state index >= 15 is 0 Å². The summed E-state index contributed by atoms with van der Waals surface area (Å²) in [7, 11) is 0. The number of nitrogens with zero attached hydrogens (tertiary/aromatic N) is 1. The van der Waals surface area contributed by atoms with Crippen LogP contribution >= 0.6 is 0 Å². The maximum Gasteiger partial charge on any atom is 0.338 e. The molecule has 0 radical (unpaired) electrons. The Hall–Kier alpha value is -3.61. The van der Waals surface area contributed by atoms with Gasteiger partial charge in [-0.05, 0) is 61.6 Å². The monoisotopic (exact) mass is 463 g/mol. The van der Waals surface area contributed by atoms with Crippen LogP contribution in [0.2, 0.25) is 0 Å². The average Bonchev–Trinajstić information content (AvgIpc) is 2.78. The van der Waals surface area contributed by atoms with Crippen LogP contribution < -0.4 is 10.6 Å². The lowest BCUT2D eigenvalue weighted by Gasteiger charge is -2.34. The lowest BCUT2D eigenvalue weighted by molar-refractivity contribution is -0.139. The van der Waals surface area contributed by atoms with Gasteiger partial charge in [0, 0.05) is 23.5 Å². The van der Waals surface area contributed by atoms with Gasteiger partial charge in [0.05, 0.1) is 18.2 Å². The molecule has 7 heteroatoms. The highest BCUT2D eigenvalue weighted by Crippen LogP contribution is 2.32. The molecule has 0 saturated heterocycles. The number of nitrogens with one attached hydrogen (secondary N) is 2. The highest BCUT2D eigenvalue weighted by Gasteiger charge is 2.35. The summed E-state index contributed by atoms with van der Waals surface area (Å²) >= 11 is 0. The summed E-state index contributed by atoms with van der Waals surface area (Å²) in [6.07, 6.45) is 0. The predicted molar refractivity (Wildman–Crippen MR) is 133 cm³/mol. The van der Waals surface area contributed by atoms with Crippen LogP contribution in [0.15, 0.2) is 59.8 Å². The van der Waals surface area contributed by atoms with Crippen molar-refractivity contribution in [3.05, 3.63) is 76.5 Å². The van der Waals surface area contributed by atoms with Crippen molar-refractivity contribution in [3.63, 3.8) is 0 Å². The number of amides is 3. The molecule has 1 aliphatic rings. The van der Waals surface area contributed by atoms with Crippen LogP contribution in [0.5, 0.6) is 0 Å². The Balaban J connectivity index is 1.89. The molecule has 180 valence electrons. The Bertz CT molecular complexity index is 1110. The van der Waals surface area contributed by atoms with Crippen LogP contribution in [-0.2, 0) is 14.9 Å². The third-order valence-electron chi connectivity index (χ3n) is 5.90. The number of ether oxygens (including phenoxy) is 1. The molecule has 34 heavy (non-hydrogen) atoms. The lowest BCUT2D eigenvalue weighted by atomic mass is 9.86. The number of anilines is 1. The second-order valence-corrected chi connectivity index (χ2v) is 9.25. The Morgan fingerprint density at radius 2 is 1.76 bits per heavy atom. The predicted octanol–water partition coefficient (Wildman–Crippen LogP) is 5.16. The molecule has 3 amide bonds. The number of benzene rings is 2. The van der Waals surface area contributed by atoms with Crippen molar-refractivity contribution in [3.8, 4) is 0 Å². The van der Waals surface area contributed by atoms with Crippen LogP contribution in [0.1, 0.15) is 69.1 Å². The van der Waals surface area contributed by atoms with Crippen molar-refractivity contribution in [2.24, 2.45) is 0 Å². The Kier molecular flexibility index (Phi) is 7.44. The van der Waals surface area contributed by atoms with Gasteiger partial charge in [0.25, 0.3) is 5.91 Å². The van der Waals surface area contributed by atoms with Gasteiger partial charge in [-0.15, -0.1) is 0 Å². The summed E-state index contributed by atoms with van der Waals surface area (Å²) in [6, 6.07) is 13.7. The summed E-state index contributed by atoms with van der Waals surface area (Å²) in [5.41, 5.74) is 3.87. The molecule has 2 aromatic rings. The molecule has 2 aromatic carbocycles. The van der Waals surface area contributed by atoms with Crippen LogP contribution in [0.25, 0.3) is 0 Å². The summed E-state index contributed by atoms with van der Waals surface area (Å²) < 4.78 is 5.27. The molecule has 2 N–H and O–H groups in total. The number of carbonyl (C=O) groups excluding carboxylic acids is 3. The zero-order chi connectivity index (χ0) is 25.0. The number of hydrogen-bond acceptors (Lipinski definition) is 4. The van der Waals surface area contributed by atoms with Crippen LogP contribution in [-0.4, -0.2) is 36.0 Å². The Morgan fingerprint density at radius 3 is 2.35 bits per heavy atom. The quantitative estimate of drug-likeness (QED) is 0.579. The molecule has 0 spiro atoms. The van der Waals surface area contributed by atoms with E-state index in [1.54, 1.807) is 32.0 Å². The summed E-state index contributed by atoms with van der Waals surface area (Å²) in [4.78, 5) is 39.8. The van der Waals surface area contributed by atoms with Gasteiger partial charge in [0.15, 0.2) is 0 Å². The van der Waals surface area contributed by atoms with Gasteiger partial charge in [0.1, 0.15) is 0 Å². The molecule has 3 rings (SSSR count). The zero-order valence-corrected chi connectivity index (χ0v) is 20.7. The minimum absolute atomic E-state index is 0.00338. The van der Waals surface area contributed by atoms with Crippen molar-refractivity contribution in [1.82, 2.24) is 10.2 Å². The SMILES string of the molecule is CCOC(=O)C1=C(C)N(CC)C(=O)NC1c1cccc(NC(=O)c2ccc(C(C)(C)C)cc2)c1. The highest BCUT2D eigenvalue weighted by atomic mass is 16.5. The molecule has 0 bridgehead atoms. The van der Waals surface area contributed by atoms with Crippen molar-refractivity contribution in [1.29, 1.82) is 0 Å². The standard InChI is InChI=1S/C27H33N3O4/c1-7-30-17(3)22(25(32)34-8-2)23(29-26(30)33)19-10-9-11-21(16-19)28-24(31)18-12-14-20(15-13-18)27(4,5)6/h9-16,23H,7-8H2,1-6H3,(H,28,31)(H,29,33). The van der Waals surface area contributed by atoms with Crippen LogP contribution in [0.4, 0.5) is 10.5 Å². The van der Waals surface area contributed by atoms with E-state index in [0.717, 1.165) is 5.56 Å². The third kappa shape index (κ3) is 5.30. The molecule has 1 heterocycles. The van der Waals surface area contributed by atoms with Gasteiger partial charge in [0.2, 0.25) is 0 Å². The Morgan fingerprint density at radius 1 is 1.09 bits per heavy atom. The average molecular weight is 464 g/mol. The lowest BCUT2D eigenvalue weighted by Crippen LogP contribution is -2.47. The summed E-state index contributed by atoms with van der Waals surface area (Å²) in [5.74, 6) is -0.711. The second kappa shape index (κ2) is 10.1. The van der Waals surface area contributed by atoms with Crippen molar-refractivity contribution in [2.45, 2.75) is 53.0 Å².